The molecule has 0 aliphatic carbocycles. The van der Waals surface area contributed by atoms with Crippen molar-refractivity contribution in [2.75, 3.05) is 25.5 Å². The maximum absolute atomic E-state index is 13.9. The molecule has 2 rings (SSSR count). The molecule has 0 radical (unpaired) electrons. The number of carbonyl (C=O) groups is 1. The molecule has 1 amide bonds. The van der Waals surface area contributed by atoms with Crippen molar-refractivity contribution in [2.24, 2.45) is 0 Å². The van der Waals surface area contributed by atoms with Gasteiger partial charge >= 0.3 is 0 Å². The second kappa shape index (κ2) is 5.22. The number of hydrogen-bond acceptors (Lipinski definition) is 3. The van der Waals surface area contributed by atoms with Crippen LogP contribution in [0.3, 0.4) is 0 Å². The first kappa shape index (κ1) is 13.3. The quantitative estimate of drug-likeness (QED) is 0.838. The van der Waals surface area contributed by atoms with Gasteiger partial charge in [0.2, 0.25) is 5.91 Å². The van der Waals surface area contributed by atoms with Gasteiger partial charge in [-0.3, -0.25) is 4.79 Å². The number of nitrogens with zero attached hydrogens (tertiary/aromatic N) is 3. The number of amides is 1. The number of likely N-dealkylation sites (N-methyl/N-ethyl adjacent to an activating group) is 1. The number of aromatic nitrogens is 1. The van der Waals surface area contributed by atoms with E-state index in [1.54, 1.807) is 30.1 Å². The van der Waals surface area contributed by atoms with E-state index < -0.39 is 5.82 Å². The third-order valence-corrected chi connectivity index (χ3v) is 3.47. The SMILES string of the molecule is CN(C)C(=O)C1CCCN1c1ncc(Br)cc1F. The average molecular weight is 316 g/mol. The van der Waals surface area contributed by atoms with E-state index in [-0.39, 0.29) is 17.8 Å². The summed E-state index contributed by atoms with van der Waals surface area (Å²) in [5.74, 6) is -0.143. The van der Waals surface area contributed by atoms with Gasteiger partial charge in [0.15, 0.2) is 11.6 Å². The van der Waals surface area contributed by atoms with Crippen LogP contribution in [0.1, 0.15) is 12.8 Å². The fourth-order valence-corrected chi connectivity index (χ4v) is 2.50. The Morgan fingerprint density at radius 2 is 2.33 bits per heavy atom. The Bertz CT molecular complexity index is 467. The molecule has 1 fully saturated rings. The highest BCUT2D eigenvalue weighted by molar-refractivity contribution is 9.10. The summed E-state index contributed by atoms with van der Waals surface area (Å²) in [6.07, 6.45) is 3.17. The van der Waals surface area contributed by atoms with E-state index in [2.05, 4.69) is 20.9 Å². The van der Waals surface area contributed by atoms with Crippen molar-refractivity contribution >= 4 is 27.7 Å². The van der Waals surface area contributed by atoms with Gasteiger partial charge in [0, 0.05) is 31.3 Å². The molecule has 1 saturated heterocycles. The van der Waals surface area contributed by atoms with Gasteiger partial charge in [0.05, 0.1) is 0 Å². The Hall–Kier alpha value is -1.17. The second-order valence-corrected chi connectivity index (χ2v) is 5.46. The number of anilines is 1. The van der Waals surface area contributed by atoms with Crippen LogP contribution in [0.5, 0.6) is 0 Å². The molecule has 6 heteroatoms. The molecule has 0 aromatic carbocycles. The lowest BCUT2D eigenvalue weighted by Gasteiger charge is -2.27. The molecule has 0 bridgehead atoms. The maximum Gasteiger partial charge on any atom is 0.244 e. The van der Waals surface area contributed by atoms with Gasteiger partial charge in [-0.25, -0.2) is 9.37 Å². The number of pyridine rings is 1. The van der Waals surface area contributed by atoms with E-state index in [0.717, 1.165) is 12.8 Å². The third-order valence-electron chi connectivity index (χ3n) is 3.04. The standard InChI is InChI=1S/C12H15BrFN3O/c1-16(2)12(18)10-4-3-5-17(10)11-9(14)6-8(13)7-15-11/h6-7,10H,3-5H2,1-2H3. The fraction of sp³-hybridized carbons (Fsp3) is 0.500. The van der Waals surface area contributed by atoms with Crippen molar-refractivity contribution in [3.05, 3.63) is 22.6 Å². The van der Waals surface area contributed by atoms with Gasteiger partial charge in [-0.15, -0.1) is 0 Å². The lowest BCUT2D eigenvalue weighted by molar-refractivity contribution is -0.129. The van der Waals surface area contributed by atoms with Crippen LogP contribution in [0.2, 0.25) is 0 Å². The predicted octanol–water partition coefficient (Wildman–Crippen LogP) is 2.04. The zero-order chi connectivity index (χ0) is 13.3. The molecule has 0 N–H and O–H groups in total. The Morgan fingerprint density at radius 3 is 2.94 bits per heavy atom. The molecule has 4 nitrogen and oxygen atoms in total. The van der Waals surface area contributed by atoms with E-state index in [1.165, 1.54) is 6.07 Å². The van der Waals surface area contributed by atoms with Crippen LogP contribution in [0, 0.1) is 5.82 Å². The second-order valence-electron chi connectivity index (χ2n) is 4.54. The predicted molar refractivity (Wildman–Crippen MR) is 71.0 cm³/mol. The van der Waals surface area contributed by atoms with Crippen LogP contribution in [0.4, 0.5) is 10.2 Å². The van der Waals surface area contributed by atoms with Crippen molar-refractivity contribution in [3.8, 4) is 0 Å². The molecule has 0 saturated carbocycles. The van der Waals surface area contributed by atoms with Gasteiger partial charge in [-0.05, 0) is 34.8 Å². The van der Waals surface area contributed by atoms with Crippen LogP contribution in [0.15, 0.2) is 16.7 Å². The lowest BCUT2D eigenvalue weighted by Crippen LogP contribution is -2.43. The molecule has 1 unspecified atom stereocenters. The zero-order valence-corrected chi connectivity index (χ0v) is 11.9. The summed E-state index contributed by atoms with van der Waals surface area (Å²) in [6, 6.07) is 1.07. The molecule has 1 atom stereocenters. The molecule has 1 aliphatic rings. The fourth-order valence-electron chi connectivity index (χ4n) is 2.19. The summed E-state index contributed by atoms with van der Waals surface area (Å²) in [7, 11) is 3.43. The van der Waals surface area contributed by atoms with Gasteiger partial charge in [-0.1, -0.05) is 0 Å². The van der Waals surface area contributed by atoms with Gasteiger partial charge in [0.25, 0.3) is 0 Å². The summed E-state index contributed by atoms with van der Waals surface area (Å²) in [4.78, 5) is 19.4. The smallest absolute Gasteiger partial charge is 0.244 e. The largest absolute Gasteiger partial charge is 0.347 e. The van der Waals surface area contributed by atoms with E-state index >= 15 is 0 Å². The Balaban J connectivity index is 2.29. The third kappa shape index (κ3) is 2.48. The van der Waals surface area contributed by atoms with E-state index in [0.29, 0.717) is 11.0 Å². The van der Waals surface area contributed by atoms with Crippen LogP contribution in [-0.2, 0) is 4.79 Å². The Morgan fingerprint density at radius 1 is 1.61 bits per heavy atom. The van der Waals surface area contributed by atoms with Crippen molar-refractivity contribution in [1.82, 2.24) is 9.88 Å². The first-order valence-corrected chi connectivity index (χ1v) is 6.59. The number of carbonyl (C=O) groups excluding carboxylic acids is 1. The summed E-state index contributed by atoms with van der Waals surface area (Å²) < 4.78 is 14.5. The van der Waals surface area contributed by atoms with Gasteiger partial charge in [-0.2, -0.15) is 0 Å². The first-order chi connectivity index (χ1) is 8.50. The van der Waals surface area contributed by atoms with E-state index in [1.807, 2.05) is 0 Å². The van der Waals surface area contributed by atoms with Gasteiger partial charge < -0.3 is 9.80 Å². The molecule has 1 aliphatic heterocycles. The van der Waals surface area contributed by atoms with Crippen LogP contribution in [0.25, 0.3) is 0 Å². The molecular weight excluding hydrogens is 301 g/mol. The minimum absolute atomic E-state index is 0.00313. The summed E-state index contributed by atoms with van der Waals surface area (Å²) >= 11 is 3.18. The van der Waals surface area contributed by atoms with Crippen LogP contribution in [-0.4, -0.2) is 42.5 Å². The number of rotatable bonds is 2. The highest BCUT2D eigenvalue weighted by atomic mass is 79.9. The zero-order valence-electron chi connectivity index (χ0n) is 10.4. The molecule has 1 aromatic rings. The van der Waals surface area contributed by atoms with Crippen molar-refractivity contribution in [3.63, 3.8) is 0 Å². The summed E-state index contributed by atoms with van der Waals surface area (Å²) in [6.45, 7) is 0.662. The molecule has 2 heterocycles. The van der Waals surface area contributed by atoms with Gasteiger partial charge in [0.1, 0.15) is 6.04 Å². The topological polar surface area (TPSA) is 36.4 Å². The van der Waals surface area contributed by atoms with Crippen molar-refractivity contribution in [2.45, 2.75) is 18.9 Å². The first-order valence-electron chi connectivity index (χ1n) is 5.79. The minimum atomic E-state index is -0.400. The molecule has 18 heavy (non-hydrogen) atoms. The van der Waals surface area contributed by atoms with Crippen LogP contribution >= 0.6 is 15.9 Å². The highest BCUT2D eigenvalue weighted by Gasteiger charge is 2.33. The molecule has 1 aromatic heterocycles. The lowest BCUT2D eigenvalue weighted by atomic mass is 10.2. The molecule has 0 spiro atoms. The van der Waals surface area contributed by atoms with Crippen molar-refractivity contribution < 1.29 is 9.18 Å². The Labute approximate surface area is 114 Å². The molecule has 98 valence electrons. The van der Waals surface area contributed by atoms with E-state index in [9.17, 15) is 9.18 Å². The monoisotopic (exact) mass is 315 g/mol. The van der Waals surface area contributed by atoms with E-state index in [4.69, 9.17) is 0 Å². The maximum atomic E-state index is 13.9. The average Bonchev–Trinajstić information content (AvgIpc) is 2.76. The highest BCUT2D eigenvalue weighted by Crippen LogP contribution is 2.28. The van der Waals surface area contributed by atoms with Crippen LogP contribution < -0.4 is 4.90 Å². The number of halogens is 2. The summed E-state index contributed by atoms with van der Waals surface area (Å²) in [5.41, 5.74) is 0. The Kier molecular flexibility index (Phi) is 3.85. The number of hydrogen-bond donors (Lipinski definition) is 0. The summed E-state index contributed by atoms with van der Waals surface area (Å²) in [5, 5.41) is 0. The minimum Gasteiger partial charge on any atom is -0.347 e. The molecular formula is C12H15BrFN3O. The van der Waals surface area contributed by atoms with Crippen molar-refractivity contribution in [1.29, 1.82) is 0 Å². The normalized spacial score (nSPS) is 19.1.